The molecule has 0 saturated carbocycles. The highest BCUT2D eigenvalue weighted by Gasteiger charge is 2.13. The van der Waals surface area contributed by atoms with Crippen molar-refractivity contribution in [1.29, 1.82) is 0 Å². The van der Waals surface area contributed by atoms with E-state index < -0.39 is 0 Å². The van der Waals surface area contributed by atoms with Crippen LogP contribution in [0.15, 0.2) is 30.5 Å². The number of nitrogens with two attached hydrogens (primary N) is 1. The van der Waals surface area contributed by atoms with Gasteiger partial charge in [-0.2, -0.15) is 0 Å². The smallest absolute Gasteiger partial charge is 0.139 e. The van der Waals surface area contributed by atoms with E-state index in [1.54, 1.807) is 17.5 Å². The number of imidazole rings is 1. The molecule has 0 unspecified atom stereocenters. The Morgan fingerprint density at radius 2 is 2.17 bits per heavy atom. The first-order chi connectivity index (χ1) is 8.69. The van der Waals surface area contributed by atoms with Gasteiger partial charge in [0.1, 0.15) is 17.2 Å². The maximum Gasteiger partial charge on any atom is 0.139 e. The Hall–Kier alpha value is -1.52. The molecule has 0 aliphatic carbocycles. The number of pyridine rings is 1. The topological polar surface area (TPSA) is 43.3 Å². The normalized spacial score (nSPS) is 11.2. The summed E-state index contributed by atoms with van der Waals surface area (Å²) in [5.41, 5.74) is 7.79. The lowest BCUT2D eigenvalue weighted by Gasteiger charge is -1.97. The maximum atomic E-state index is 6.14. The monoisotopic (exact) mass is 277 g/mol. The van der Waals surface area contributed by atoms with Crippen molar-refractivity contribution in [3.05, 3.63) is 40.4 Å². The van der Waals surface area contributed by atoms with Gasteiger partial charge >= 0.3 is 0 Å². The second-order valence-electron chi connectivity index (χ2n) is 4.04. The third kappa shape index (κ3) is 1.78. The average molecular weight is 278 g/mol. The SMILES string of the molecule is CCc1ccc(-c2nc3ccc(Cl)cn3c2N)s1. The molecule has 0 aromatic carbocycles. The lowest BCUT2D eigenvalue weighted by molar-refractivity contribution is 1.19. The molecular formula is C13H12ClN3S. The van der Waals surface area contributed by atoms with Gasteiger partial charge in [0.15, 0.2) is 0 Å². The standard InChI is InChI=1S/C13H12ClN3S/c1-2-9-4-5-10(18-9)12-13(15)17-7-8(14)3-6-11(17)16-12/h3-7H,2,15H2,1H3. The molecular weight excluding hydrogens is 266 g/mol. The number of aryl methyl sites for hydroxylation is 1. The van der Waals surface area contributed by atoms with Gasteiger partial charge < -0.3 is 5.73 Å². The van der Waals surface area contributed by atoms with Gasteiger partial charge in [0.25, 0.3) is 0 Å². The molecule has 18 heavy (non-hydrogen) atoms. The molecule has 3 heterocycles. The van der Waals surface area contributed by atoms with Gasteiger partial charge in [-0.15, -0.1) is 11.3 Å². The fourth-order valence-electron chi connectivity index (χ4n) is 1.91. The highest BCUT2D eigenvalue weighted by molar-refractivity contribution is 7.15. The molecule has 3 aromatic rings. The molecule has 0 bridgehead atoms. The summed E-state index contributed by atoms with van der Waals surface area (Å²) >= 11 is 7.70. The van der Waals surface area contributed by atoms with Crippen molar-refractivity contribution in [2.75, 3.05) is 5.73 Å². The van der Waals surface area contributed by atoms with E-state index in [0.717, 1.165) is 22.6 Å². The predicted octanol–water partition coefficient (Wildman–Crippen LogP) is 3.86. The van der Waals surface area contributed by atoms with Crippen LogP contribution in [0.4, 0.5) is 5.82 Å². The summed E-state index contributed by atoms with van der Waals surface area (Å²) in [6.07, 6.45) is 2.82. The van der Waals surface area contributed by atoms with Crippen LogP contribution < -0.4 is 5.73 Å². The number of nitrogen functional groups attached to an aromatic ring is 1. The van der Waals surface area contributed by atoms with Crippen LogP contribution in [0.5, 0.6) is 0 Å². The van der Waals surface area contributed by atoms with Crippen LogP contribution in [0.1, 0.15) is 11.8 Å². The highest BCUT2D eigenvalue weighted by Crippen LogP contribution is 2.32. The van der Waals surface area contributed by atoms with Crippen LogP contribution in [-0.4, -0.2) is 9.38 Å². The first-order valence-electron chi connectivity index (χ1n) is 5.71. The number of fused-ring (bicyclic) bond motifs is 1. The van der Waals surface area contributed by atoms with Gasteiger partial charge in [-0.3, -0.25) is 4.40 Å². The number of anilines is 1. The number of rotatable bonds is 2. The Morgan fingerprint density at radius 3 is 2.89 bits per heavy atom. The summed E-state index contributed by atoms with van der Waals surface area (Å²) in [6.45, 7) is 2.14. The summed E-state index contributed by atoms with van der Waals surface area (Å²) in [7, 11) is 0. The molecule has 0 amide bonds. The summed E-state index contributed by atoms with van der Waals surface area (Å²) in [5, 5.41) is 0.651. The van der Waals surface area contributed by atoms with Crippen molar-refractivity contribution in [2.24, 2.45) is 0 Å². The zero-order valence-electron chi connectivity index (χ0n) is 9.85. The summed E-state index contributed by atoms with van der Waals surface area (Å²) in [4.78, 5) is 6.99. The molecule has 0 aliphatic heterocycles. The zero-order chi connectivity index (χ0) is 12.7. The van der Waals surface area contributed by atoms with Gasteiger partial charge in [0, 0.05) is 11.1 Å². The quantitative estimate of drug-likeness (QED) is 0.773. The first-order valence-corrected chi connectivity index (χ1v) is 6.90. The predicted molar refractivity (Wildman–Crippen MR) is 77.3 cm³/mol. The maximum absolute atomic E-state index is 6.14. The van der Waals surface area contributed by atoms with Crippen LogP contribution in [0.2, 0.25) is 5.02 Å². The van der Waals surface area contributed by atoms with E-state index in [-0.39, 0.29) is 0 Å². The van der Waals surface area contributed by atoms with E-state index in [0.29, 0.717) is 10.8 Å². The zero-order valence-corrected chi connectivity index (χ0v) is 11.4. The number of hydrogen-bond acceptors (Lipinski definition) is 3. The second kappa shape index (κ2) is 4.30. The third-order valence-corrected chi connectivity index (χ3v) is 4.32. The average Bonchev–Trinajstić information content (AvgIpc) is 2.95. The summed E-state index contributed by atoms with van der Waals surface area (Å²) < 4.78 is 1.82. The van der Waals surface area contributed by atoms with Crippen LogP contribution in [-0.2, 0) is 6.42 Å². The van der Waals surface area contributed by atoms with Crippen LogP contribution >= 0.6 is 22.9 Å². The third-order valence-electron chi connectivity index (χ3n) is 2.86. The summed E-state index contributed by atoms with van der Waals surface area (Å²) in [5.74, 6) is 0.636. The minimum Gasteiger partial charge on any atom is -0.383 e. The summed E-state index contributed by atoms with van der Waals surface area (Å²) in [6, 6.07) is 7.88. The van der Waals surface area contributed by atoms with Gasteiger partial charge in [-0.05, 0) is 30.7 Å². The minimum absolute atomic E-state index is 0.636. The van der Waals surface area contributed by atoms with E-state index in [1.165, 1.54) is 4.88 Å². The molecule has 0 fully saturated rings. The molecule has 0 atom stereocenters. The Kier molecular flexibility index (Phi) is 2.76. The number of thiophene rings is 1. The van der Waals surface area contributed by atoms with Crippen molar-refractivity contribution < 1.29 is 0 Å². The van der Waals surface area contributed by atoms with E-state index in [4.69, 9.17) is 17.3 Å². The first kappa shape index (κ1) is 11.6. The Bertz CT molecular complexity index is 714. The fourth-order valence-corrected chi connectivity index (χ4v) is 3.02. The van der Waals surface area contributed by atoms with Crippen molar-refractivity contribution in [1.82, 2.24) is 9.38 Å². The van der Waals surface area contributed by atoms with Crippen LogP contribution in [0.25, 0.3) is 16.2 Å². The Morgan fingerprint density at radius 1 is 1.33 bits per heavy atom. The molecule has 0 radical (unpaired) electrons. The van der Waals surface area contributed by atoms with E-state index in [9.17, 15) is 0 Å². The second-order valence-corrected chi connectivity index (χ2v) is 5.65. The van der Waals surface area contributed by atoms with Crippen LogP contribution in [0, 0.1) is 0 Å². The number of nitrogens with zero attached hydrogens (tertiary/aromatic N) is 2. The highest BCUT2D eigenvalue weighted by atomic mass is 35.5. The van der Waals surface area contributed by atoms with Crippen molar-refractivity contribution in [3.63, 3.8) is 0 Å². The van der Waals surface area contributed by atoms with Crippen molar-refractivity contribution in [2.45, 2.75) is 13.3 Å². The Balaban J connectivity index is 2.20. The van der Waals surface area contributed by atoms with Crippen LogP contribution in [0.3, 0.4) is 0 Å². The van der Waals surface area contributed by atoms with Gasteiger partial charge in [-0.1, -0.05) is 18.5 Å². The molecule has 2 N–H and O–H groups in total. The molecule has 3 rings (SSSR count). The lowest BCUT2D eigenvalue weighted by atomic mass is 10.3. The van der Waals surface area contributed by atoms with Gasteiger partial charge in [0.2, 0.25) is 0 Å². The molecule has 3 nitrogen and oxygen atoms in total. The number of halogens is 1. The molecule has 3 aromatic heterocycles. The van der Waals surface area contributed by atoms with Gasteiger partial charge in [-0.25, -0.2) is 4.98 Å². The van der Waals surface area contributed by atoms with E-state index >= 15 is 0 Å². The molecule has 92 valence electrons. The van der Waals surface area contributed by atoms with Crippen molar-refractivity contribution in [3.8, 4) is 10.6 Å². The molecule has 5 heteroatoms. The fraction of sp³-hybridized carbons (Fsp3) is 0.154. The minimum atomic E-state index is 0.636. The van der Waals surface area contributed by atoms with E-state index in [2.05, 4.69) is 24.0 Å². The lowest BCUT2D eigenvalue weighted by Crippen LogP contribution is -1.93. The molecule has 0 aliphatic rings. The number of aromatic nitrogens is 2. The number of hydrogen-bond donors (Lipinski definition) is 1. The van der Waals surface area contributed by atoms with Crippen molar-refractivity contribution >= 4 is 34.4 Å². The molecule has 0 spiro atoms. The largest absolute Gasteiger partial charge is 0.383 e. The Labute approximate surface area is 114 Å². The molecule has 0 saturated heterocycles. The van der Waals surface area contributed by atoms with E-state index in [1.807, 2.05) is 16.5 Å². The van der Waals surface area contributed by atoms with Gasteiger partial charge in [0.05, 0.1) is 9.90 Å².